The Morgan fingerprint density at radius 2 is 0.660 bits per heavy atom. The molecule has 0 fully saturated rings. The highest BCUT2D eigenvalue weighted by Gasteiger charge is 2.21. The Labute approximate surface area is 290 Å². The molecule has 0 spiro atoms. The molecule has 10 rings (SSSR count). The molecule has 0 atom stereocenters. The van der Waals surface area contributed by atoms with Crippen molar-refractivity contribution in [2.24, 2.45) is 0 Å². The van der Waals surface area contributed by atoms with E-state index >= 15 is 0 Å². The summed E-state index contributed by atoms with van der Waals surface area (Å²) in [5.41, 5.74) is 14.3. The van der Waals surface area contributed by atoms with Crippen molar-refractivity contribution in [1.82, 2.24) is 9.13 Å². The van der Waals surface area contributed by atoms with Crippen LogP contribution in [0.15, 0.2) is 194 Å². The lowest BCUT2D eigenvalue weighted by Gasteiger charge is -2.14. The number of aromatic nitrogens is 2. The van der Waals surface area contributed by atoms with Crippen molar-refractivity contribution >= 4 is 43.6 Å². The zero-order valence-corrected chi connectivity index (χ0v) is 27.4. The van der Waals surface area contributed by atoms with Crippen molar-refractivity contribution in [3.05, 3.63) is 194 Å². The lowest BCUT2D eigenvalue weighted by Crippen LogP contribution is -1.99. The summed E-state index contributed by atoms with van der Waals surface area (Å²) < 4.78 is 4.95. The molecule has 0 radical (unpaired) electrons. The van der Waals surface area contributed by atoms with Gasteiger partial charge >= 0.3 is 0 Å². The van der Waals surface area contributed by atoms with Crippen molar-refractivity contribution in [3.8, 4) is 44.8 Å². The maximum Gasteiger partial charge on any atom is 0.0788 e. The van der Waals surface area contributed by atoms with E-state index in [2.05, 4.69) is 203 Å². The SMILES string of the molecule is c1ccc(-c2ccc(-c3cccc(-n4c5cc(-c6ccccc6)ccc5c5ccc6c7ccccc7n(-c7ccccc7)c6c54)c3)cc2)cc1. The minimum atomic E-state index is 1.14. The van der Waals surface area contributed by atoms with Crippen molar-refractivity contribution in [3.63, 3.8) is 0 Å². The summed E-state index contributed by atoms with van der Waals surface area (Å²) in [6.07, 6.45) is 0. The molecule has 8 aromatic carbocycles. The Morgan fingerprint density at radius 3 is 1.34 bits per heavy atom. The monoisotopic (exact) mass is 636 g/mol. The number of nitrogens with zero attached hydrogens (tertiary/aromatic N) is 2. The van der Waals surface area contributed by atoms with Crippen molar-refractivity contribution in [2.45, 2.75) is 0 Å². The first kappa shape index (κ1) is 28.4. The fraction of sp³-hybridized carbons (Fsp3) is 0. The number of para-hydroxylation sites is 2. The highest BCUT2D eigenvalue weighted by atomic mass is 15.0. The summed E-state index contributed by atoms with van der Waals surface area (Å²) in [6.45, 7) is 0. The largest absolute Gasteiger partial charge is 0.307 e. The molecule has 0 aliphatic carbocycles. The minimum absolute atomic E-state index is 1.14. The minimum Gasteiger partial charge on any atom is -0.307 e. The molecule has 0 saturated heterocycles. The Morgan fingerprint density at radius 1 is 0.240 bits per heavy atom. The second-order valence-electron chi connectivity index (χ2n) is 13.0. The van der Waals surface area contributed by atoms with Crippen LogP contribution >= 0.6 is 0 Å². The van der Waals surface area contributed by atoms with Gasteiger partial charge in [0.15, 0.2) is 0 Å². The lowest BCUT2D eigenvalue weighted by molar-refractivity contribution is 1.15. The van der Waals surface area contributed by atoms with Gasteiger partial charge < -0.3 is 9.13 Å². The maximum atomic E-state index is 2.50. The second-order valence-corrected chi connectivity index (χ2v) is 13.0. The molecular weight excluding hydrogens is 605 g/mol. The van der Waals surface area contributed by atoms with Crippen LogP contribution in [0.4, 0.5) is 0 Å². The fourth-order valence-corrected chi connectivity index (χ4v) is 7.78. The Bertz CT molecular complexity index is 2820. The van der Waals surface area contributed by atoms with E-state index in [0.29, 0.717) is 0 Å². The number of hydrogen-bond acceptors (Lipinski definition) is 0. The van der Waals surface area contributed by atoms with E-state index in [1.165, 1.54) is 77.0 Å². The molecule has 0 aliphatic heterocycles. The first-order valence-electron chi connectivity index (χ1n) is 17.2. The fourth-order valence-electron chi connectivity index (χ4n) is 7.78. The highest BCUT2D eigenvalue weighted by Crippen LogP contribution is 2.43. The predicted octanol–water partition coefficient (Wildman–Crippen LogP) is 12.9. The average molecular weight is 637 g/mol. The van der Waals surface area contributed by atoms with Gasteiger partial charge in [-0.05, 0) is 69.8 Å². The summed E-state index contributed by atoms with van der Waals surface area (Å²) in [5, 5.41) is 4.98. The van der Waals surface area contributed by atoms with Gasteiger partial charge in [0, 0.05) is 32.9 Å². The van der Waals surface area contributed by atoms with Gasteiger partial charge in [0.1, 0.15) is 0 Å². The van der Waals surface area contributed by atoms with Crippen LogP contribution in [0.1, 0.15) is 0 Å². The maximum absolute atomic E-state index is 2.50. The normalized spacial score (nSPS) is 11.6. The zero-order valence-electron chi connectivity index (χ0n) is 27.4. The number of fused-ring (bicyclic) bond motifs is 7. The van der Waals surface area contributed by atoms with E-state index in [9.17, 15) is 0 Å². The molecule has 50 heavy (non-hydrogen) atoms. The molecule has 0 aliphatic rings. The van der Waals surface area contributed by atoms with E-state index in [-0.39, 0.29) is 0 Å². The molecule has 0 saturated carbocycles. The van der Waals surface area contributed by atoms with Crippen LogP contribution in [-0.2, 0) is 0 Å². The van der Waals surface area contributed by atoms with E-state index < -0.39 is 0 Å². The lowest BCUT2D eigenvalue weighted by atomic mass is 10.00. The molecule has 0 N–H and O–H groups in total. The molecule has 2 heterocycles. The van der Waals surface area contributed by atoms with Gasteiger partial charge in [-0.2, -0.15) is 0 Å². The van der Waals surface area contributed by atoms with Crippen LogP contribution < -0.4 is 0 Å². The van der Waals surface area contributed by atoms with Crippen molar-refractivity contribution < 1.29 is 0 Å². The van der Waals surface area contributed by atoms with E-state index in [4.69, 9.17) is 0 Å². The number of rotatable bonds is 5. The molecule has 0 amide bonds. The van der Waals surface area contributed by atoms with Gasteiger partial charge in [-0.15, -0.1) is 0 Å². The summed E-state index contributed by atoms with van der Waals surface area (Å²) in [7, 11) is 0. The first-order chi connectivity index (χ1) is 24.8. The van der Waals surface area contributed by atoms with Gasteiger partial charge in [0.25, 0.3) is 0 Å². The highest BCUT2D eigenvalue weighted by molar-refractivity contribution is 6.24. The topological polar surface area (TPSA) is 9.86 Å². The van der Waals surface area contributed by atoms with Gasteiger partial charge in [-0.1, -0.05) is 158 Å². The van der Waals surface area contributed by atoms with Gasteiger partial charge in [-0.3, -0.25) is 0 Å². The van der Waals surface area contributed by atoms with Gasteiger partial charge in [0.2, 0.25) is 0 Å². The quantitative estimate of drug-likeness (QED) is 0.178. The third-order valence-electron chi connectivity index (χ3n) is 10.1. The predicted molar refractivity (Wildman–Crippen MR) is 211 cm³/mol. The molecule has 10 aromatic rings. The van der Waals surface area contributed by atoms with Crippen LogP contribution in [0.5, 0.6) is 0 Å². The Kier molecular flexibility index (Phi) is 6.53. The van der Waals surface area contributed by atoms with Crippen LogP contribution in [0.25, 0.3) is 88.4 Å². The number of hydrogen-bond donors (Lipinski definition) is 0. The summed E-state index contributed by atoms with van der Waals surface area (Å²) in [4.78, 5) is 0. The second kappa shape index (κ2) is 11.5. The summed E-state index contributed by atoms with van der Waals surface area (Å²) >= 11 is 0. The van der Waals surface area contributed by atoms with E-state index in [1.807, 2.05) is 0 Å². The van der Waals surface area contributed by atoms with Crippen LogP contribution in [-0.4, -0.2) is 9.13 Å². The third kappa shape index (κ3) is 4.50. The molecule has 2 nitrogen and oxygen atoms in total. The van der Waals surface area contributed by atoms with Crippen molar-refractivity contribution in [1.29, 1.82) is 0 Å². The van der Waals surface area contributed by atoms with Crippen LogP contribution in [0.2, 0.25) is 0 Å². The van der Waals surface area contributed by atoms with E-state index in [0.717, 1.165) is 11.4 Å². The summed E-state index contributed by atoms with van der Waals surface area (Å²) in [6, 6.07) is 70.4. The molecule has 0 unspecified atom stereocenters. The molecule has 2 heteroatoms. The molecule has 234 valence electrons. The first-order valence-corrected chi connectivity index (χ1v) is 17.2. The van der Waals surface area contributed by atoms with Crippen molar-refractivity contribution in [2.75, 3.05) is 0 Å². The van der Waals surface area contributed by atoms with Gasteiger partial charge in [-0.25, -0.2) is 0 Å². The third-order valence-corrected chi connectivity index (χ3v) is 10.1. The van der Waals surface area contributed by atoms with Crippen LogP contribution in [0.3, 0.4) is 0 Å². The smallest absolute Gasteiger partial charge is 0.0788 e. The van der Waals surface area contributed by atoms with Crippen LogP contribution in [0, 0.1) is 0 Å². The molecule has 2 aromatic heterocycles. The Balaban J connectivity index is 1.28. The average Bonchev–Trinajstić information content (AvgIpc) is 3.72. The van der Waals surface area contributed by atoms with Gasteiger partial charge in [0.05, 0.1) is 22.1 Å². The number of benzene rings is 8. The zero-order chi connectivity index (χ0) is 33.0. The van der Waals surface area contributed by atoms with E-state index in [1.54, 1.807) is 0 Å². The Hall–Kier alpha value is -6.64. The molecule has 0 bridgehead atoms. The molecular formula is C48H32N2. The standard InChI is InChI=1S/C48H32N2/c1-4-13-33(14-5-1)35-23-25-36(26-24-35)37-17-12-20-40(31-37)50-46-32-38(34-15-6-2-7-16-34)27-28-42(46)44-30-29-43-41-21-10-11-22-45(41)49(47(43)48(44)50)39-18-8-3-9-19-39/h1-32H. The summed E-state index contributed by atoms with van der Waals surface area (Å²) in [5.74, 6) is 0.